The summed E-state index contributed by atoms with van der Waals surface area (Å²) in [4.78, 5) is 214. The van der Waals surface area contributed by atoms with E-state index in [-0.39, 0.29) is 79.7 Å². The van der Waals surface area contributed by atoms with Crippen molar-refractivity contribution >= 4 is 128 Å². The van der Waals surface area contributed by atoms with Crippen molar-refractivity contribution in [3.05, 3.63) is 223 Å². The smallest absolute Gasteiger partial charge is 0.360 e. The number of nitrogens with two attached hydrogens (primary N) is 2. The van der Waals surface area contributed by atoms with Crippen LogP contribution >= 0.6 is 21.6 Å². The zero-order chi connectivity index (χ0) is 96.9. The molecule has 3 aromatic carbocycles. The first-order valence-corrected chi connectivity index (χ1v) is 45.5. The highest BCUT2D eigenvalue weighted by Gasteiger charge is 2.53. The van der Waals surface area contributed by atoms with Crippen molar-refractivity contribution < 1.29 is 115 Å². The number of amides is 9. The number of primary amides is 1. The van der Waals surface area contributed by atoms with Gasteiger partial charge in [-0.2, -0.15) is 0 Å². The van der Waals surface area contributed by atoms with Gasteiger partial charge in [-0.25, -0.2) is 19.6 Å². The SMILES string of the molecule is C/C=C/C(O)C(C)(C(=O)OC)C1C\C=C/C=C/C=C/c2nc(co2)C(=O)OC(C(C)(C(=O)OC)C(/C=C/C)OC(=O)CCC(=O)N[C@H](Cc2ccccc2)C(=O)N[C@@H]2CSSC[C@@H](C(=O)N[C@@H](C(N)=O)C(C)O)NC(=O)[C@H](C(C)C)NC(=O)[C@H](CCCCN)NC(=O)C(Cc3c[nH]c4ccccc34)NC(=O)[C@@H](Cc3ccc(O)cc3)NC2=O)C\C=C/C=C/C=C/c2nc(co2)C(=O)O1. The topological polar surface area (TPSA) is 562 Å². The van der Waals surface area contributed by atoms with Crippen molar-refractivity contribution in [2.24, 2.45) is 28.2 Å². The average molecular weight is 1880 g/mol. The van der Waals surface area contributed by atoms with Gasteiger partial charge in [0, 0.05) is 79.3 Å². The minimum absolute atomic E-state index is 0.0205. The predicted molar refractivity (Wildman–Crippen MR) is 493 cm³/mol. The Morgan fingerprint density at radius 3 is 1.77 bits per heavy atom. The number of oxazole rings is 2. The normalized spacial score (nSPS) is 22.6. The number of aromatic hydroxyl groups is 1. The molecule has 6 aromatic rings. The monoisotopic (exact) mass is 1870 g/mol. The van der Waals surface area contributed by atoms with Crippen LogP contribution in [0.4, 0.5) is 0 Å². The van der Waals surface area contributed by atoms with E-state index in [9.17, 15) is 63.3 Å². The summed E-state index contributed by atoms with van der Waals surface area (Å²) < 4.78 is 39.7. The minimum atomic E-state index is -2.13. The number of phenolic OH excluding ortho intramolecular Hbond substituents is 1. The number of cyclic esters (lactones) is 2. The van der Waals surface area contributed by atoms with Crippen LogP contribution < -0.4 is 54.0 Å². The first kappa shape index (κ1) is 105. The fourth-order valence-corrected chi connectivity index (χ4v) is 16.5. The third-order valence-corrected chi connectivity index (χ3v) is 24.3. The number of hydrogen-bond donors (Lipinski definition) is 14. The number of benzene rings is 3. The summed E-state index contributed by atoms with van der Waals surface area (Å²) in [6.45, 7) is 10.5. The van der Waals surface area contributed by atoms with E-state index in [0.29, 0.717) is 40.4 Å². The Kier molecular flexibility index (Phi) is 40.9. The number of hydrogen-bond acceptors (Lipinski definition) is 29. The number of esters is 5. The molecule has 0 aliphatic carbocycles. The van der Waals surface area contributed by atoms with E-state index in [0.717, 1.165) is 48.3 Å². The Morgan fingerprint density at radius 1 is 0.624 bits per heavy atom. The minimum Gasteiger partial charge on any atom is -0.508 e. The standard InChI is InChI=1S/C94H115N13O24S2/c1-10-29-71(110)93(6,91(123)125-8)73-36-21-14-12-16-23-39-77-100-68(52-128-77)90(122)131-74(37-22-15-13-17-24-38-76-99-67(51-127-76)89(121)130-73)94(7,92(124)126-9)72(30-11-2)129-78(112)45-44-75(111)98-64(47-57-31-19-18-20-32-57)83(115)104-69-53-132-133-54-70(87(119)107-80(56(5)108)81(96)113)105-88(120)79(55(3)4)106-82(114)63(35-27-28-46-95)101-85(117)66(49-59-50-97-62-34-26-25-33-61(59)62)103-84(116)65(102-86(69)118)48-58-40-42-60(109)43-41-58/h10-26,29-34,38-43,50-52,55-56,63-66,69-74,79-80,97,108-110H,27-28,35-37,44-49,53-54,95H2,1-9H3,(H2,96,113)(H,98,111)(H,101,117)(H,102,118)(H,103,116)(H,104,115)(H,105,120)(H,106,114)(H,107,119)/b16-12+,17-13+,21-14-,22-15-,29-10+,30-11+,38-24+,39-23+/t56?,63-,64+,65+,66?,69+,70-,71?,72?,73?,74?,79-,80+,93?,94?/m0/s1. The number of unbranched alkanes of at least 4 members (excludes halogenated alkanes) is 1. The molecular weight excluding hydrogens is 1760 g/mol. The lowest BCUT2D eigenvalue weighted by atomic mass is 9.76. The maximum absolute atomic E-state index is 15.5. The molecule has 4 bridgehead atoms. The number of nitrogens with one attached hydrogen (secondary N) is 9. The van der Waals surface area contributed by atoms with E-state index in [4.69, 9.17) is 44.0 Å². The molecule has 39 heteroatoms. The van der Waals surface area contributed by atoms with Gasteiger partial charge in [-0.15, -0.1) is 0 Å². The number of methoxy groups -OCH3 is 2. The maximum Gasteiger partial charge on any atom is 0.360 e. The average Bonchev–Trinajstić information content (AvgIpc) is 0.974. The number of rotatable bonds is 30. The lowest BCUT2D eigenvalue weighted by Crippen LogP contribution is -2.62. The number of carbonyl (C=O) groups is 14. The van der Waals surface area contributed by atoms with Gasteiger partial charge >= 0.3 is 29.8 Å². The quantitative estimate of drug-likeness (QED) is 0.00825. The number of phenols is 1. The van der Waals surface area contributed by atoms with Gasteiger partial charge in [0.2, 0.25) is 64.9 Å². The molecule has 16 N–H and O–H groups in total. The molecule has 37 nitrogen and oxygen atoms in total. The first-order chi connectivity index (χ1) is 63.6. The molecule has 0 saturated carbocycles. The zero-order valence-electron chi connectivity index (χ0n) is 75.0. The molecule has 133 heavy (non-hydrogen) atoms. The first-order valence-electron chi connectivity index (χ1n) is 43.0. The summed E-state index contributed by atoms with van der Waals surface area (Å²) in [6, 6.07) is 8.65. The highest BCUT2D eigenvalue weighted by Crippen LogP contribution is 2.38. The second-order valence-corrected chi connectivity index (χ2v) is 34.5. The number of para-hydroxylation sites is 1. The van der Waals surface area contributed by atoms with Crippen LogP contribution in [0.2, 0.25) is 0 Å². The van der Waals surface area contributed by atoms with Gasteiger partial charge in [-0.05, 0) is 107 Å². The molecule has 712 valence electrons. The van der Waals surface area contributed by atoms with Crippen LogP contribution in [-0.2, 0) is 100 Å². The Bertz CT molecular complexity index is 5290. The highest BCUT2D eigenvalue weighted by atomic mass is 33.1. The molecule has 5 heterocycles. The predicted octanol–water partition coefficient (Wildman–Crippen LogP) is 5.86. The van der Waals surface area contributed by atoms with Crippen molar-refractivity contribution in [3.8, 4) is 5.75 Å². The Labute approximate surface area is 776 Å². The Balaban J connectivity index is 1.09. The van der Waals surface area contributed by atoms with Crippen molar-refractivity contribution in [3.63, 3.8) is 0 Å². The van der Waals surface area contributed by atoms with Crippen LogP contribution in [0.3, 0.4) is 0 Å². The zero-order valence-corrected chi connectivity index (χ0v) is 76.7. The van der Waals surface area contributed by atoms with Gasteiger partial charge in [-0.3, -0.25) is 57.5 Å². The molecule has 8 rings (SSSR count). The van der Waals surface area contributed by atoms with Gasteiger partial charge in [-0.1, -0.05) is 175 Å². The lowest BCUT2D eigenvalue weighted by molar-refractivity contribution is -0.176. The van der Waals surface area contributed by atoms with Crippen molar-refractivity contribution in [2.75, 3.05) is 32.3 Å². The third kappa shape index (κ3) is 30.5. The lowest BCUT2D eigenvalue weighted by Gasteiger charge is -2.38. The van der Waals surface area contributed by atoms with Gasteiger partial charge in [0.15, 0.2) is 11.4 Å². The third-order valence-electron chi connectivity index (χ3n) is 21.8. The largest absolute Gasteiger partial charge is 0.508 e. The summed E-state index contributed by atoms with van der Waals surface area (Å²) >= 11 is 0. The van der Waals surface area contributed by atoms with Gasteiger partial charge in [0.25, 0.3) is 0 Å². The van der Waals surface area contributed by atoms with E-state index in [2.05, 4.69) is 57.5 Å². The van der Waals surface area contributed by atoms with Crippen molar-refractivity contribution in [1.29, 1.82) is 0 Å². The molecule has 8 unspecified atom stereocenters. The molecule has 2 aliphatic rings. The molecule has 9 amide bonds. The van der Waals surface area contributed by atoms with Gasteiger partial charge < -0.3 is 107 Å². The molecule has 0 spiro atoms. The van der Waals surface area contributed by atoms with E-state index in [1.807, 2.05) is 0 Å². The van der Waals surface area contributed by atoms with E-state index >= 15 is 19.2 Å². The van der Waals surface area contributed by atoms with E-state index < -0.39 is 197 Å². The van der Waals surface area contributed by atoms with Crippen LogP contribution in [0, 0.1) is 16.7 Å². The Hall–Kier alpha value is -13.5. The van der Waals surface area contributed by atoms with Crippen LogP contribution in [0.25, 0.3) is 23.1 Å². The van der Waals surface area contributed by atoms with Crippen LogP contribution in [0.5, 0.6) is 5.75 Å². The van der Waals surface area contributed by atoms with Crippen LogP contribution in [0.1, 0.15) is 143 Å². The van der Waals surface area contributed by atoms with E-state index in [1.165, 1.54) is 112 Å². The van der Waals surface area contributed by atoms with Crippen LogP contribution in [0.15, 0.2) is 191 Å². The highest BCUT2D eigenvalue weighted by molar-refractivity contribution is 8.76. The molecule has 0 radical (unpaired) electrons. The van der Waals surface area contributed by atoms with Gasteiger partial charge in [0.1, 0.15) is 95.8 Å². The maximum atomic E-state index is 15.5. The fourth-order valence-electron chi connectivity index (χ4n) is 14.2. The summed E-state index contributed by atoms with van der Waals surface area (Å²) in [5.41, 5.74) is 9.04. The van der Waals surface area contributed by atoms with Crippen LogP contribution in [-0.4, -0.2) is 224 Å². The van der Waals surface area contributed by atoms with Gasteiger partial charge in [0.05, 0.1) is 32.8 Å². The molecule has 3 aromatic heterocycles. The molecule has 1 fully saturated rings. The number of aliphatic hydroxyl groups excluding tert-OH is 2. The Morgan fingerprint density at radius 2 is 1.18 bits per heavy atom. The number of aromatic amines is 1. The number of ether oxygens (including phenoxy) is 5. The second-order valence-electron chi connectivity index (χ2n) is 32.0. The van der Waals surface area contributed by atoms with Crippen molar-refractivity contribution in [1.82, 2.24) is 57.5 Å². The summed E-state index contributed by atoms with van der Waals surface area (Å²) in [5.74, 6) is -15.5. The molecule has 2 aliphatic heterocycles. The number of aliphatic hydroxyl groups is 2. The van der Waals surface area contributed by atoms with Crippen molar-refractivity contribution in [2.45, 2.75) is 192 Å². The number of aromatic nitrogens is 3. The summed E-state index contributed by atoms with van der Waals surface area (Å²) in [5, 5.41) is 54.4. The molecular formula is C94H115N13O24S2. The summed E-state index contributed by atoms with van der Waals surface area (Å²) in [7, 11) is 3.95. The number of carbonyl (C=O) groups excluding carboxylic acids is 14. The summed E-state index contributed by atoms with van der Waals surface area (Å²) in [6.07, 6.45) is 18.2. The molecule has 1 saturated heterocycles. The number of nitrogens with zero attached hydrogens (tertiary/aromatic N) is 2. The second kappa shape index (κ2) is 51.9. The fraction of sp³-hybridized carbons (Fsp3) is 0.404. The number of H-pyrrole nitrogens is 1. The number of allylic oxidation sites excluding steroid dienone is 10. The molecule has 15 atom stereocenters. The van der Waals surface area contributed by atoms with E-state index in [1.54, 1.807) is 119 Å². The number of fused-ring (bicyclic) bond motifs is 5.